The predicted molar refractivity (Wildman–Crippen MR) is 86.7 cm³/mol. The molecule has 3 atom stereocenters. The zero-order chi connectivity index (χ0) is 16.3. The van der Waals surface area contributed by atoms with Crippen molar-refractivity contribution in [3.63, 3.8) is 0 Å². The number of rotatable bonds is 4. The molecule has 5 nitrogen and oxygen atoms in total. The van der Waals surface area contributed by atoms with E-state index >= 15 is 0 Å². The summed E-state index contributed by atoms with van der Waals surface area (Å²) in [5.41, 5.74) is 0.368. The maximum atomic E-state index is 12.2. The molecule has 1 unspecified atom stereocenters. The Morgan fingerprint density at radius 2 is 1.82 bits per heavy atom. The summed E-state index contributed by atoms with van der Waals surface area (Å²) in [6.45, 7) is 6.79. The van der Waals surface area contributed by atoms with E-state index in [1.165, 1.54) is 17.4 Å². The van der Waals surface area contributed by atoms with Crippen LogP contribution in [0.2, 0.25) is 0 Å². The molecule has 1 aromatic rings. The summed E-state index contributed by atoms with van der Waals surface area (Å²) >= 11 is 0. The first-order valence-corrected chi connectivity index (χ1v) is 9.57. The zero-order valence-corrected chi connectivity index (χ0v) is 14.2. The fourth-order valence-corrected chi connectivity index (χ4v) is 4.23. The molecule has 0 radical (unpaired) electrons. The van der Waals surface area contributed by atoms with Crippen molar-refractivity contribution >= 4 is 21.4 Å². The third-order valence-corrected chi connectivity index (χ3v) is 5.21. The molecule has 1 aromatic carbocycles. The van der Waals surface area contributed by atoms with Crippen molar-refractivity contribution in [2.45, 2.75) is 25.2 Å². The van der Waals surface area contributed by atoms with Crippen molar-refractivity contribution in [2.75, 3.05) is 31.2 Å². The van der Waals surface area contributed by atoms with Gasteiger partial charge < -0.3 is 10.2 Å². The quantitative estimate of drug-likeness (QED) is 0.851. The van der Waals surface area contributed by atoms with Crippen molar-refractivity contribution in [2.24, 2.45) is 11.8 Å². The van der Waals surface area contributed by atoms with Crippen LogP contribution in [0.3, 0.4) is 0 Å². The van der Waals surface area contributed by atoms with Crippen molar-refractivity contribution in [1.82, 2.24) is 0 Å². The van der Waals surface area contributed by atoms with Gasteiger partial charge in [0.25, 0.3) is 5.91 Å². The number of hydrogen-bond donors (Lipinski definition) is 2. The minimum Gasteiger partial charge on any atom is -0.327 e. The number of carbonyl (C=O) groups excluding carboxylic acids is 1. The SMILES string of the molecule is C[C@@H]1C[C@H](C)C[NH+](CC(=O)Nc2ccccc2S(C)(=O)=O)C1. The van der Waals surface area contributed by atoms with Gasteiger partial charge in [0.15, 0.2) is 16.4 Å². The van der Waals surface area contributed by atoms with Gasteiger partial charge in [-0.25, -0.2) is 8.42 Å². The molecule has 0 bridgehead atoms. The molecule has 1 amide bonds. The molecular weight excluding hydrogens is 300 g/mol. The second-order valence-electron chi connectivity index (χ2n) is 6.60. The van der Waals surface area contributed by atoms with Gasteiger partial charge in [-0.3, -0.25) is 4.79 Å². The Morgan fingerprint density at radius 3 is 2.41 bits per heavy atom. The van der Waals surface area contributed by atoms with Crippen LogP contribution in [0.4, 0.5) is 5.69 Å². The number of carbonyl (C=O) groups is 1. The number of nitrogens with one attached hydrogen (secondary N) is 2. The van der Waals surface area contributed by atoms with Gasteiger partial charge in [-0.15, -0.1) is 0 Å². The van der Waals surface area contributed by atoms with Crippen LogP contribution < -0.4 is 10.2 Å². The smallest absolute Gasteiger partial charge is 0.279 e. The van der Waals surface area contributed by atoms with Crippen molar-refractivity contribution in [1.29, 1.82) is 0 Å². The number of amides is 1. The molecule has 2 N–H and O–H groups in total. The van der Waals surface area contributed by atoms with Crippen molar-refractivity contribution in [3.8, 4) is 0 Å². The number of quaternary nitrogens is 1. The Bertz CT molecular complexity index is 633. The number of piperidine rings is 1. The van der Waals surface area contributed by atoms with Crippen LogP contribution in [0.15, 0.2) is 29.2 Å². The Hall–Kier alpha value is -1.40. The van der Waals surface area contributed by atoms with E-state index in [2.05, 4.69) is 19.2 Å². The van der Waals surface area contributed by atoms with Gasteiger partial charge in [0.2, 0.25) is 0 Å². The number of anilines is 1. The van der Waals surface area contributed by atoms with Gasteiger partial charge in [-0.2, -0.15) is 0 Å². The second-order valence-corrected chi connectivity index (χ2v) is 8.58. The summed E-state index contributed by atoms with van der Waals surface area (Å²) in [7, 11) is -3.35. The van der Waals surface area contributed by atoms with E-state index < -0.39 is 9.84 Å². The molecule has 0 aliphatic carbocycles. The molecule has 2 rings (SSSR count). The summed E-state index contributed by atoms with van der Waals surface area (Å²) < 4.78 is 23.5. The molecule has 1 fully saturated rings. The van der Waals surface area contributed by atoms with Crippen molar-refractivity contribution < 1.29 is 18.1 Å². The third kappa shape index (κ3) is 4.55. The maximum Gasteiger partial charge on any atom is 0.279 e. The minimum atomic E-state index is -3.35. The first-order chi connectivity index (χ1) is 10.3. The highest BCUT2D eigenvalue weighted by Gasteiger charge is 2.27. The van der Waals surface area contributed by atoms with Crippen LogP contribution in [0, 0.1) is 11.8 Å². The summed E-state index contributed by atoms with van der Waals surface area (Å²) in [5, 5.41) is 2.76. The monoisotopic (exact) mass is 325 g/mol. The summed E-state index contributed by atoms with van der Waals surface area (Å²) in [4.78, 5) is 13.7. The number of para-hydroxylation sites is 1. The molecule has 22 heavy (non-hydrogen) atoms. The highest BCUT2D eigenvalue weighted by atomic mass is 32.2. The van der Waals surface area contributed by atoms with E-state index in [9.17, 15) is 13.2 Å². The van der Waals surface area contributed by atoms with Crippen LogP contribution in [-0.4, -0.2) is 40.2 Å². The van der Waals surface area contributed by atoms with Gasteiger partial charge in [0, 0.05) is 18.1 Å². The first kappa shape index (κ1) is 17.0. The van der Waals surface area contributed by atoms with Gasteiger partial charge in [-0.05, 0) is 18.6 Å². The number of hydrogen-bond acceptors (Lipinski definition) is 3. The highest BCUT2D eigenvalue weighted by molar-refractivity contribution is 7.90. The lowest BCUT2D eigenvalue weighted by Gasteiger charge is -2.31. The average Bonchev–Trinajstić information content (AvgIpc) is 2.36. The molecular formula is C16H25N2O3S+. The molecule has 0 spiro atoms. The second kappa shape index (κ2) is 6.79. The Kier molecular flexibility index (Phi) is 5.24. The first-order valence-electron chi connectivity index (χ1n) is 7.68. The fraction of sp³-hybridized carbons (Fsp3) is 0.562. The van der Waals surface area contributed by atoms with Gasteiger partial charge in [0.05, 0.1) is 23.7 Å². The average molecular weight is 325 g/mol. The molecule has 0 aromatic heterocycles. The molecule has 122 valence electrons. The molecule has 1 aliphatic heterocycles. The van der Waals surface area contributed by atoms with Crippen LogP contribution in [0.5, 0.6) is 0 Å². The van der Waals surface area contributed by atoms with Crippen LogP contribution in [-0.2, 0) is 14.6 Å². The van der Waals surface area contributed by atoms with Gasteiger partial charge in [0.1, 0.15) is 0 Å². The summed E-state index contributed by atoms with van der Waals surface area (Å²) in [6, 6.07) is 6.53. The molecule has 1 heterocycles. The lowest BCUT2D eigenvalue weighted by molar-refractivity contribution is -0.904. The minimum absolute atomic E-state index is 0.132. The Labute approximate surface area is 132 Å². The van der Waals surface area contributed by atoms with E-state index in [1.54, 1.807) is 18.2 Å². The Morgan fingerprint density at radius 1 is 1.23 bits per heavy atom. The fourth-order valence-electron chi connectivity index (χ4n) is 3.38. The van der Waals surface area contributed by atoms with E-state index in [1.807, 2.05) is 0 Å². The normalized spacial score (nSPS) is 25.7. The highest BCUT2D eigenvalue weighted by Crippen LogP contribution is 2.20. The maximum absolute atomic E-state index is 12.2. The molecule has 0 saturated carbocycles. The topological polar surface area (TPSA) is 67.7 Å². The molecule has 1 saturated heterocycles. The largest absolute Gasteiger partial charge is 0.327 e. The zero-order valence-electron chi connectivity index (χ0n) is 13.4. The van der Waals surface area contributed by atoms with Gasteiger partial charge >= 0.3 is 0 Å². The number of sulfone groups is 1. The van der Waals surface area contributed by atoms with E-state index in [4.69, 9.17) is 0 Å². The summed E-state index contributed by atoms with van der Waals surface area (Å²) in [6.07, 6.45) is 2.36. The van der Waals surface area contributed by atoms with Crippen LogP contribution in [0.25, 0.3) is 0 Å². The summed E-state index contributed by atoms with van der Waals surface area (Å²) in [5.74, 6) is 1.11. The predicted octanol–water partition coefficient (Wildman–Crippen LogP) is 0.589. The standard InChI is InChI=1S/C16H24N2O3S/c1-12-8-13(2)10-18(9-12)11-16(19)17-14-6-4-5-7-15(14)22(3,20)21/h4-7,12-13H,8-11H2,1-3H3,(H,17,19)/p+1/t12-,13+. The third-order valence-electron chi connectivity index (χ3n) is 4.05. The lowest BCUT2D eigenvalue weighted by Crippen LogP contribution is -3.15. The van der Waals surface area contributed by atoms with Crippen LogP contribution >= 0.6 is 0 Å². The van der Waals surface area contributed by atoms with Gasteiger partial charge in [-0.1, -0.05) is 26.0 Å². The van der Waals surface area contributed by atoms with E-state index in [0.29, 0.717) is 24.1 Å². The number of benzene rings is 1. The Balaban J connectivity index is 2.04. The number of likely N-dealkylation sites (tertiary alicyclic amines) is 1. The molecule has 6 heteroatoms. The lowest BCUT2D eigenvalue weighted by atomic mass is 9.92. The van der Waals surface area contributed by atoms with Crippen LogP contribution in [0.1, 0.15) is 20.3 Å². The molecule has 1 aliphatic rings. The van der Waals surface area contributed by atoms with E-state index in [0.717, 1.165) is 19.3 Å². The van der Waals surface area contributed by atoms with E-state index in [-0.39, 0.29) is 10.8 Å². The van der Waals surface area contributed by atoms with Crippen molar-refractivity contribution in [3.05, 3.63) is 24.3 Å².